The van der Waals surface area contributed by atoms with E-state index in [1.807, 2.05) is 24.4 Å². The summed E-state index contributed by atoms with van der Waals surface area (Å²) in [5.41, 5.74) is 2.18. The number of allylic oxidation sites excluding steroid dienone is 2. The predicted molar refractivity (Wildman–Crippen MR) is 120 cm³/mol. The number of benzene rings is 1. The van der Waals surface area contributed by atoms with Gasteiger partial charge in [0.25, 0.3) is 0 Å². The quantitative estimate of drug-likeness (QED) is 0.493. The Bertz CT molecular complexity index is 1090. The van der Waals surface area contributed by atoms with E-state index in [2.05, 4.69) is 15.9 Å². The number of phenols is 1. The van der Waals surface area contributed by atoms with Crippen LogP contribution < -0.4 is 0 Å². The molecule has 1 aliphatic carbocycles. The van der Waals surface area contributed by atoms with Gasteiger partial charge in [0.2, 0.25) is 11.8 Å². The SMILES string of the molecule is CC1=C2B(O)O[C@H](c3cc(Br)ccc3O)C[C@H]2[C@H]2C(=O)N(Cc3cccs3)C(=O)[C@H]2C1. The third kappa shape index (κ3) is 3.48. The molecule has 0 bridgehead atoms. The summed E-state index contributed by atoms with van der Waals surface area (Å²) in [6.45, 7) is 2.19. The maximum Gasteiger partial charge on any atom is 0.487 e. The van der Waals surface area contributed by atoms with E-state index in [4.69, 9.17) is 4.65 Å². The first-order valence-corrected chi connectivity index (χ1v) is 11.9. The zero-order valence-corrected chi connectivity index (χ0v) is 19.2. The summed E-state index contributed by atoms with van der Waals surface area (Å²) in [5, 5.41) is 23.1. The van der Waals surface area contributed by atoms with E-state index in [9.17, 15) is 19.7 Å². The number of hydrogen-bond donors (Lipinski definition) is 2. The summed E-state index contributed by atoms with van der Waals surface area (Å²) in [7, 11) is -1.17. The zero-order valence-electron chi connectivity index (χ0n) is 16.8. The Morgan fingerprint density at radius 2 is 2.06 bits per heavy atom. The molecule has 0 unspecified atom stereocenters. The highest BCUT2D eigenvalue weighted by molar-refractivity contribution is 9.10. The molecule has 31 heavy (non-hydrogen) atoms. The summed E-state index contributed by atoms with van der Waals surface area (Å²) < 4.78 is 6.66. The Hall–Kier alpha value is -1.94. The van der Waals surface area contributed by atoms with Gasteiger partial charge in [-0.05, 0) is 60.8 Å². The van der Waals surface area contributed by atoms with Crippen molar-refractivity contribution >= 4 is 46.2 Å². The van der Waals surface area contributed by atoms with Gasteiger partial charge >= 0.3 is 7.12 Å². The Morgan fingerprint density at radius 1 is 1.26 bits per heavy atom. The number of hydrogen-bond acceptors (Lipinski definition) is 6. The van der Waals surface area contributed by atoms with Crippen LogP contribution in [-0.4, -0.2) is 34.0 Å². The topological polar surface area (TPSA) is 87.1 Å². The number of amides is 2. The molecule has 2 amide bonds. The maximum absolute atomic E-state index is 13.4. The highest BCUT2D eigenvalue weighted by Gasteiger charge is 2.57. The van der Waals surface area contributed by atoms with Crippen molar-refractivity contribution < 1.29 is 24.4 Å². The first-order chi connectivity index (χ1) is 14.8. The van der Waals surface area contributed by atoms with E-state index in [0.717, 1.165) is 14.9 Å². The lowest BCUT2D eigenvalue weighted by molar-refractivity contribution is -0.140. The van der Waals surface area contributed by atoms with E-state index in [1.165, 1.54) is 16.2 Å². The van der Waals surface area contributed by atoms with Crippen LogP contribution in [0.25, 0.3) is 0 Å². The van der Waals surface area contributed by atoms with Gasteiger partial charge in [0.15, 0.2) is 0 Å². The van der Waals surface area contributed by atoms with Crippen molar-refractivity contribution in [1.29, 1.82) is 0 Å². The molecule has 6 nitrogen and oxygen atoms in total. The number of likely N-dealkylation sites (tertiary alicyclic amines) is 1. The first kappa shape index (κ1) is 20.9. The predicted octanol–water partition coefficient (Wildman–Crippen LogP) is 3.84. The van der Waals surface area contributed by atoms with Gasteiger partial charge in [-0.25, -0.2) is 0 Å². The molecule has 2 fully saturated rings. The number of halogens is 1. The Labute approximate surface area is 192 Å². The fraction of sp³-hybridized carbons (Fsp3) is 0.364. The number of rotatable bonds is 3. The lowest BCUT2D eigenvalue weighted by Gasteiger charge is -2.41. The van der Waals surface area contributed by atoms with Crippen LogP contribution in [0.1, 0.15) is 36.3 Å². The molecule has 4 atom stereocenters. The summed E-state index contributed by atoms with van der Waals surface area (Å²) in [5.74, 6) is -1.47. The van der Waals surface area contributed by atoms with Crippen LogP contribution in [0.4, 0.5) is 0 Å². The second-order valence-corrected chi connectivity index (χ2v) is 10.4. The minimum Gasteiger partial charge on any atom is -0.508 e. The molecule has 160 valence electrons. The monoisotopic (exact) mass is 501 g/mol. The normalized spacial score (nSPS) is 28.2. The van der Waals surface area contributed by atoms with Crippen LogP contribution in [0.15, 0.2) is 51.2 Å². The average molecular weight is 502 g/mol. The molecule has 9 heteroatoms. The van der Waals surface area contributed by atoms with Crippen molar-refractivity contribution in [2.75, 3.05) is 0 Å². The Balaban J connectivity index is 1.49. The molecule has 1 aromatic carbocycles. The molecular weight excluding hydrogens is 481 g/mol. The van der Waals surface area contributed by atoms with Gasteiger partial charge in [0.05, 0.1) is 24.5 Å². The van der Waals surface area contributed by atoms with Gasteiger partial charge in [-0.1, -0.05) is 27.6 Å². The van der Waals surface area contributed by atoms with E-state index >= 15 is 0 Å². The van der Waals surface area contributed by atoms with Crippen molar-refractivity contribution in [2.45, 2.75) is 32.4 Å². The Kier molecular flexibility index (Phi) is 5.33. The van der Waals surface area contributed by atoms with Gasteiger partial charge in [-0.3, -0.25) is 14.5 Å². The molecule has 3 aliphatic rings. The molecule has 2 saturated heterocycles. The van der Waals surface area contributed by atoms with Crippen LogP contribution >= 0.6 is 27.3 Å². The summed E-state index contributed by atoms with van der Waals surface area (Å²) in [6.07, 6.45) is 0.290. The second kappa shape index (κ2) is 7.88. The van der Waals surface area contributed by atoms with Crippen LogP contribution in [0.2, 0.25) is 0 Å². The lowest BCUT2D eigenvalue weighted by atomic mass is 9.55. The number of thiophene rings is 1. The molecule has 2 aromatic rings. The third-order valence-corrected chi connectivity index (χ3v) is 8.03. The van der Waals surface area contributed by atoms with Gasteiger partial charge in [0, 0.05) is 14.9 Å². The third-order valence-electron chi connectivity index (χ3n) is 6.68. The van der Waals surface area contributed by atoms with Gasteiger partial charge in [-0.2, -0.15) is 0 Å². The molecular formula is C22H21BBrNO5S. The molecule has 2 N–H and O–H groups in total. The maximum atomic E-state index is 13.4. The van der Waals surface area contributed by atoms with Crippen molar-refractivity contribution in [3.63, 3.8) is 0 Å². The van der Waals surface area contributed by atoms with Crippen LogP contribution in [0.3, 0.4) is 0 Å². The molecule has 0 saturated carbocycles. The van der Waals surface area contributed by atoms with Crippen molar-refractivity contribution in [2.24, 2.45) is 17.8 Å². The van der Waals surface area contributed by atoms with Crippen molar-refractivity contribution in [1.82, 2.24) is 4.90 Å². The van der Waals surface area contributed by atoms with E-state index in [-0.39, 0.29) is 23.5 Å². The minimum absolute atomic E-state index is 0.0741. The van der Waals surface area contributed by atoms with E-state index < -0.39 is 25.1 Å². The number of carbonyl (C=O) groups excluding carboxylic acids is 2. The molecule has 5 rings (SSSR count). The number of carbonyl (C=O) groups is 2. The van der Waals surface area contributed by atoms with E-state index in [1.54, 1.807) is 18.2 Å². The average Bonchev–Trinajstić information content (AvgIpc) is 3.32. The molecule has 0 radical (unpaired) electrons. The fourth-order valence-corrected chi connectivity index (χ4v) is 6.39. The highest BCUT2D eigenvalue weighted by Crippen LogP contribution is 2.52. The number of imide groups is 1. The number of nitrogens with zero attached hydrogens (tertiary/aromatic N) is 1. The largest absolute Gasteiger partial charge is 0.508 e. The minimum atomic E-state index is -1.17. The standard InChI is InChI=1S/C22H21BBrNO5S/c1-11-7-16-19(22(28)25(21(16)27)10-13-3-2-6-31-13)15-9-18(30-23(29)20(11)15)14-8-12(24)4-5-17(14)26/h2-6,8,15-16,18-19,26,29H,7,9-10H2,1H3/t15-,16-,18-,19+/m0/s1. The van der Waals surface area contributed by atoms with E-state index in [0.29, 0.717) is 30.4 Å². The second-order valence-electron chi connectivity index (χ2n) is 8.44. The molecule has 0 spiro atoms. The summed E-state index contributed by atoms with van der Waals surface area (Å²) >= 11 is 4.93. The molecule has 1 aromatic heterocycles. The van der Waals surface area contributed by atoms with Crippen LogP contribution in [-0.2, 0) is 20.8 Å². The van der Waals surface area contributed by atoms with Crippen LogP contribution in [0.5, 0.6) is 5.75 Å². The number of fused-ring (bicyclic) bond motifs is 3. The smallest absolute Gasteiger partial charge is 0.487 e. The number of aromatic hydroxyl groups is 1. The summed E-state index contributed by atoms with van der Waals surface area (Å²) in [6, 6.07) is 8.89. The molecule has 3 heterocycles. The van der Waals surface area contributed by atoms with Gasteiger partial charge in [0.1, 0.15) is 5.75 Å². The first-order valence-electron chi connectivity index (χ1n) is 10.2. The van der Waals surface area contributed by atoms with Crippen LogP contribution in [0, 0.1) is 17.8 Å². The van der Waals surface area contributed by atoms with Gasteiger partial charge in [-0.15, -0.1) is 11.3 Å². The zero-order chi connectivity index (χ0) is 21.9. The lowest BCUT2D eigenvalue weighted by Crippen LogP contribution is -2.44. The van der Waals surface area contributed by atoms with Crippen molar-refractivity contribution in [3.8, 4) is 5.75 Å². The Morgan fingerprint density at radius 3 is 2.81 bits per heavy atom. The summed E-state index contributed by atoms with van der Waals surface area (Å²) in [4.78, 5) is 28.9. The van der Waals surface area contributed by atoms with Crippen molar-refractivity contribution in [3.05, 3.63) is 61.7 Å². The van der Waals surface area contributed by atoms with Gasteiger partial charge < -0.3 is 14.8 Å². The number of phenolic OH excluding ortho intramolecular Hbond substituents is 1. The highest BCUT2D eigenvalue weighted by atomic mass is 79.9. The molecule has 2 aliphatic heterocycles. The fourth-order valence-electron chi connectivity index (χ4n) is 5.32.